The van der Waals surface area contributed by atoms with E-state index in [9.17, 15) is 0 Å². The first kappa shape index (κ1) is 8.99. The smallest absolute Gasteiger partial charge is 0.0230 e. The summed E-state index contributed by atoms with van der Waals surface area (Å²) in [6.07, 6.45) is 13.3. The Labute approximate surface area is 105 Å². The Bertz CT molecular complexity index is 399. The van der Waals surface area contributed by atoms with Gasteiger partial charge in [-0.25, -0.2) is 0 Å². The maximum absolute atomic E-state index is 1.69. The number of rotatable bonds is 0. The van der Waals surface area contributed by atoms with Gasteiger partial charge in [0.2, 0.25) is 0 Å². The Morgan fingerprint density at radius 1 is 0.824 bits per heavy atom. The quantitative estimate of drug-likeness (QED) is 0.585. The third-order valence-corrected chi connectivity index (χ3v) is 8.74. The highest BCUT2D eigenvalue weighted by molar-refractivity contribution is 5.21. The summed E-state index contributed by atoms with van der Waals surface area (Å²) in [5, 5.41) is 0. The van der Waals surface area contributed by atoms with Crippen LogP contribution in [0.15, 0.2) is 0 Å². The fraction of sp³-hybridized carbons (Fsp3) is 1.00. The average Bonchev–Trinajstić information content (AvgIpc) is 2.35. The van der Waals surface area contributed by atoms with Gasteiger partial charge in [0.15, 0.2) is 0 Å². The van der Waals surface area contributed by atoms with Crippen LogP contribution >= 0.6 is 0 Å². The molecule has 8 rings (SSSR count). The van der Waals surface area contributed by atoms with Crippen molar-refractivity contribution in [2.45, 2.75) is 51.4 Å². The van der Waals surface area contributed by atoms with Crippen LogP contribution in [-0.2, 0) is 0 Å². The first-order valence-corrected chi connectivity index (χ1v) is 8.37. The summed E-state index contributed by atoms with van der Waals surface area (Å²) < 4.78 is 0. The van der Waals surface area contributed by atoms with Gasteiger partial charge >= 0.3 is 0 Å². The SMILES string of the molecule is C1CC2C3CC4C5CC6CC4C2C(C1)(C6)C5C3. The third kappa shape index (κ3) is 0.766. The van der Waals surface area contributed by atoms with Gasteiger partial charge in [0, 0.05) is 0 Å². The molecule has 0 N–H and O–H groups in total. The summed E-state index contributed by atoms with van der Waals surface area (Å²) in [6.45, 7) is 0. The van der Waals surface area contributed by atoms with Crippen LogP contribution in [0, 0.1) is 52.8 Å². The predicted octanol–water partition coefficient (Wildman–Crippen LogP) is 4.10. The topological polar surface area (TPSA) is 0 Å². The molecule has 8 fully saturated rings. The van der Waals surface area contributed by atoms with E-state index in [1.807, 2.05) is 0 Å². The lowest BCUT2D eigenvalue weighted by molar-refractivity contribution is -0.294. The molecule has 9 unspecified atom stereocenters. The molecule has 8 saturated carbocycles. The van der Waals surface area contributed by atoms with E-state index in [-0.39, 0.29) is 0 Å². The van der Waals surface area contributed by atoms with Crippen LogP contribution in [0.5, 0.6) is 0 Å². The largest absolute Gasteiger partial charge is 0.0525 e. The maximum Gasteiger partial charge on any atom is -0.0230 e. The van der Waals surface area contributed by atoms with E-state index in [0.29, 0.717) is 0 Å². The van der Waals surface area contributed by atoms with Crippen molar-refractivity contribution in [3.8, 4) is 0 Å². The van der Waals surface area contributed by atoms with E-state index >= 15 is 0 Å². The summed E-state index contributed by atoms with van der Waals surface area (Å²) in [6, 6.07) is 0. The molecule has 8 aliphatic carbocycles. The van der Waals surface area contributed by atoms with Crippen molar-refractivity contribution in [1.82, 2.24) is 0 Å². The lowest BCUT2D eigenvalue weighted by atomic mass is 9.27. The number of hydrogen-bond acceptors (Lipinski definition) is 0. The van der Waals surface area contributed by atoms with Gasteiger partial charge in [-0.3, -0.25) is 0 Å². The van der Waals surface area contributed by atoms with Crippen molar-refractivity contribution in [3.63, 3.8) is 0 Å². The van der Waals surface area contributed by atoms with Crippen LogP contribution in [-0.4, -0.2) is 0 Å². The molecule has 0 aromatic rings. The van der Waals surface area contributed by atoms with E-state index in [4.69, 9.17) is 0 Å². The number of hydrogen-bond donors (Lipinski definition) is 0. The van der Waals surface area contributed by atoms with Crippen LogP contribution < -0.4 is 0 Å². The average molecular weight is 228 g/mol. The van der Waals surface area contributed by atoms with Crippen molar-refractivity contribution >= 4 is 0 Å². The highest BCUT2D eigenvalue weighted by Crippen LogP contribution is 2.79. The molecule has 0 nitrogen and oxygen atoms in total. The second kappa shape index (κ2) is 2.49. The Kier molecular flexibility index (Phi) is 1.32. The zero-order valence-electron chi connectivity index (χ0n) is 10.8. The van der Waals surface area contributed by atoms with E-state index < -0.39 is 0 Å². The highest BCUT2D eigenvalue weighted by Gasteiger charge is 2.72. The maximum atomic E-state index is 1.69. The van der Waals surface area contributed by atoms with Crippen LogP contribution in [0.3, 0.4) is 0 Å². The predicted molar refractivity (Wildman–Crippen MR) is 67.3 cm³/mol. The molecular weight excluding hydrogens is 204 g/mol. The van der Waals surface area contributed by atoms with Gasteiger partial charge in [-0.15, -0.1) is 0 Å². The van der Waals surface area contributed by atoms with E-state index in [2.05, 4.69) is 0 Å². The fourth-order valence-electron chi connectivity index (χ4n) is 8.95. The Morgan fingerprint density at radius 2 is 1.76 bits per heavy atom. The van der Waals surface area contributed by atoms with Gasteiger partial charge in [0.05, 0.1) is 0 Å². The van der Waals surface area contributed by atoms with Crippen LogP contribution in [0.4, 0.5) is 0 Å². The summed E-state index contributed by atoms with van der Waals surface area (Å²) >= 11 is 0. The zero-order chi connectivity index (χ0) is 10.8. The van der Waals surface area contributed by atoms with Crippen molar-refractivity contribution in [3.05, 3.63) is 0 Å². The highest BCUT2D eigenvalue weighted by atomic mass is 14.8. The molecule has 0 radical (unpaired) electrons. The fourth-order valence-corrected chi connectivity index (χ4v) is 8.95. The third-order valence-electron chi connectivity index (χ3n) is 8.74. The molecule has 0 heteroatoms. The van der Waals surface area contributed by atoms with Gasteiger partial charge < -0.3 is 0 Å². The summed E-state index contributed by atoms with van der Waals surface area (Å²) in [5.74, 6) is 9.73. The summed E-state index contributed by atoms with van der Waals surface area (Å²) in [7, 11) is 0. The molecule has 0 aromatic carbocycles. The first-order chi connectivity index (χ1) is 8.37. The minimum atomic E-state index is 0.923. The standard InChI is InChI=1S/C17H24/c1-2-11-10-6-12-13-4-9-5-14(12)16(11)17(3-1,8-9)15(13)7-10/h9-16H,1-8H2. The molecule has 0 heterocycles. The molecule has 92 valence electrons. The molecule has 0 aliphatic heterocycles. The molecule has 9 atom stereocenters. The summed E-state index contributed by atoms with van der Waals surface area (Å²) in [4.78, 5) is 0. The molecule has 0 saturated heterocycles. The monoisotopic (exact) mass is 228 g/mol. The molecule has 17 heavy (non-hydrogen) atoms. The van der Waals surface area contributed by atoms with Crippen LogP contribution in [0.1, 0.15) is 51.4 Å². The van der Waals surface area contributed by atoms with Crippen LogP contribution in [0.2, 0.25) is 0 Å². The molecule has 0 aromatic heterocycles. The molecular formula is C17H24. The lowest BCUT2D eigenvalue weighted by Crippen LogP contribution is -2.71. The van der Waals surface area contributed by atoms with Gasteiger partial charge in [-0.2, -0.15) is 0 Å². The minimum absolute atomic E-state index is 0.923. The minimum Gasteiger partial charge on any atom is -0.0525 e. The van der Waals surface area contributed by atoms with Gasteiger partial charge in [0.1, 0.15) is 0 Å². The lowest BCUT2D eigenvalue weighted by Gasteiger charge is -2.78. The first-order valence-electron chi connectivity index (χ1n) is 8.37. The van der Waals surface area contributed by atoms with E-state index in [1.54, 1.807) is 51.4 Å². The van der Waals surface area contributed by atoms with Crippen molar-refractivity contribution in [2.24, 2.45) is 52.8 Å². The Morgan fingerprint density at radius 3 is 2.76 bits per heavy atom. The molecule has 9 bridgehead atoms. The molecule has 0 amide bonds. The van der Waals surface area contributed by atoms with Crippen molar-refractivity contribution in [1.29, 1.82) is 0 Å². The van der Waals surface area contributed by atoms with Gasteiger partial charge in [-0.1, -0.05) is 6.42 Å². The van der Waals surface area contributed by atoms with Crippen molar-refractivity contribution < 1.29 is 0 Å². The normalized spacial score (nSPS) is 73.4. The van der Waals surface area contributed by atoms with Gasteiger partial charge in [0.25, 0.3) is 0 Å². The van der Waals surface area contributed by atoms with E-state index in [1.165, 1.54) is 47.3 Å². The molecule has 1 spiro atoms. The summed E-state index contributed by atoms with van der Waals surface area (Å²) in [5.41, 5.74) is 0.923. The van der Waals surface area contributed by atoms with E-state index in [0.717, 1.165) is 5.41 Å². The second-order valence-electron chi connectivity index (χ2n) is 8.69. The zero-order valence-corrected chi connectivity index (χ0v) is 10.8. The van der Waals surface area contributed by atoms with Gasteiger partial charge in [-0.05, 0) is 97.7 Å². The second-order valence-corrected chi connectivity index (χ2v) is 8.69. The van der Waals surface area contributed by atoms with Crippen LogP contribution in [0.25, 0.3) is 0 Å². The molecule has 8 aliphatic rings. The Balaban J connectivity index is 1.63. The van der Waals surface area contributed by atoms with Crippen molar-refractivity contribution in [2.75, 3.05) is 0 Å². The Hall–Kier alpha value is 0.